The van der Waals surface area contributed by atoms with Crippen LogP contribution in [0.2, 0.25) is 0 Å². The van der Waals surface area contributed by atoms with Crippen molar-refractivity contribution >= 4 is 0 Å². The van der Waals surface area contributed by atoms with Crippen LogP contribution in [0.25, 0.3) is 0 Å². The van der Waals surface area contributed by atoms with E-state index in [1.54, 1.807) is 0 Å². The van der Waals surface area contributed by atoms with Gasteiger partial charge in [-0.25, -0.2) is 4.98 Å². The van der Waals surface area contributed by atoms with Gasteiger partial charge >= 0.3 is 0 Å². The summed E-state index contributed by atoms with van der Waals surface area (Å²) in [7, 11) is 0. The molecule has 2 unspecified atom stereocenters. The zero-order valence-corrected chi connectivity index (χ0v) is 10.6. The second-order valence-electron chi connectivity index (χ2n) is 4.94. The molecule has 0 bridgehead atoms. The molecule has 0 spiro atoms. The van der Waals surface area contributed by atoms with Crippen LogP contribution in [0.15, 0.2) is 12.4 Å². The fourth-order valence-electron chi connectivity index (χ4n) is 2.83. The van der Waals surface area contributed by atoms with Gasteiger partial charge in [-0.05, 0) is 19.3 Å². The van der Waals surface area contributed by atoms with Gasteiger partial charge in [0.1, 0.15) is 5.82 Å². The van der Waals surface area contributed by atoms with Gasteiger partial charge in [-0.3, -0.25) is 0 Å². The monoisotopic (exact) mass is 231 g/mol. The molecule has 1 heterocycles. The lowest BCUT2D eigenvalue weighted by Gasteiger charge is -2.23. The molecule has 0 radical (unpaired) electrons. The molecule has 0 amide bonds. The van der Waals surface area contributed by atoms with Crippen molar-refractivity contribution in [2.45, 2.75) is 57.9 Å². The fourth-order valence-corrected chi connectivity index (χ4v) is 2.83. The predicted molar refractivity (Wildman–Crippen MR) is 67.4 cm³/mol. The highest BCUT2D eigenvalue weighted by atomic mass is 15.1. The zero-order chi connectivity index (χ0) is 12.1. The summed E-state index contributed by atoms with van der Waals surface area (Å²) in [5.74, 6) is 1.32. The summed E-state index contributed by atoms with van der Waals surface area (Å²) in [5.41, 5.74) is 0. The minimum Gasteiger partial charge on any atom is -0.331 e. The molecule has 1 aliphatic rings. The van der Waals surface area contributed by atoms with Gasteiger partial charge in [0.05, 0.1) is 18.0 Å². The van der Waals surface area contributed by atoms with Crippen LogP contribution in [0.1, 0.15) is 57.3 Å². The number of aromatic nitrogens is 2. The van der Waals surface area contributed by atoms with Crippen molar-refractivity contribution in [1.29, 1.82) is 5.26 Å². The maximum absolute atomic E-state index is 9.32. The number of hydrogen-bond donors (Lipinski definition) is 0. The molecule has 2 atom stereocenters. The van der Waals surface area contributed by atoms with Gasteiger partial charge in [-0.1, -0.05) is 26.2 Å². The Kier molecular flexibility index (Phi) is 4.19. The topological polar surface area (TPSA) is 41.6 Å². The zero-order valence-electron chi connectivity index (χ0n) is 10.6. The highest BCUT2D eigenvalue weighted by Crippen LogP contribution is 2.33. The van der Waals surface area contributed by atoms with Crippen LogP contribution in [0.4, 0.5) is 0 Å². The number of nitrogens with zero attached hydrogens (tertiary/aromatic N) is 3. The van der Waals surface area contributed by atoms with Crippen LogP contribution >= 0.6 is 0 Å². The van der Waals surface area contributed by atoms with Crippen molar-refractivity contribution in [2.75, 3.05) is 0 Å². The molecule has 3 nitrogen and oxygen atoms in total. The average molecular weight is 231 g/mol. The average Bonchev–Trinajstić information content (AvgIpc) is 2.66. The van der Waals surface area contributed by atoms with E-state index in [-0.39, 0.29) is 5.92 Å². The summed E-state index contributed by atoms with van der Waals surface area (Å²) >= 11 is 0. The van der Waals surface area contributed by atoms with E-state index in [2.05, 4.69) is 28.7 Å². The van der Waals surface area contributed by atoms with E-state index >= 15 is 0 Å². The van der Waals surface area contributed by atoms with Crippen LogP contribution < -0.4 is 0 Å². The second-order valence-corrected chi connectivity index (χ2v) is 4.94. The largest absolute Gasteiger partial charge is 0.331 e. The van der Waals surface area contributed by atoms with E-state index in [9.17, 15) is 5.26 Å². The molecule has 92 valence electrons. The number of aryl methyl sites for hydroxylation is 1. The van der Waals surface area contributed by atoms with Crippen molar-refractivity contribution in [3.05, 3.63) is 18.2 Å². The standard InChI is InChI=1S/C14H21N3/c1-2-6-14-16-9-10-17(14)13-8-5-3-4-7-12(13)11-15/h9-10,12-13H,2-8H2,1H3. The molecule has 0 aromatic carbocycles. The minimum absolute atomic E-state index is 0.169. The third-order valence-corrected chi connectivity index (χ3v) is 3.73. The van der Waals surface area contributed by atoms with Gasteiger partial charge in [0.15, 0.2) is 0 Å². The molecule has 2 rings (SSSR count). The molecule has 1 saturated carbocycles. The lowest BCUT2D eigenvalue weighted by Crippen LogP contribution is -2.19. The highest BCUT2D eigenvalue weighted by Gasteiger charge is 2.26. The Labute approximate surface area is 103 Å². The molecule has 17 heavy (non-hydrogen) atoms. The first-order valence-electron chi connectivity index (χ1n) is 6.78. The van der Waals surface area contributed by atoms with E-state index in [4.69, 9.17) is 0 Å². The van der Waals surface area contributed by atoms with Crippen molar-refractivity contribution in [3.8, 4) is 6.07 Å². The summed E-state index contributed by atoms with van der Waals surface area (Å²) in [6, 6.07) is 2.86. The Bertz CT molecular complexity index is 388. The quantitative estimate of drug-likeness (QED) is 0.747. The normalized spacial score (nSPS) is 25.2. The van der Waals surface area contributed by atoms with Crippen LogP contribution in [-0.4, -0.2) is 9.55 Å². The molecule has 0 aliphatic heterocycles. The van der Waals surface area contributed by atoms with Gasteiger partial charge in [-0.2, -0.15) is 5.26 Å². The summed E-state index contributed by atoms with van der Waals surface area (Å²) < 4.78 is 2.27. The first-order valence-corrected chi connectivity index (χ1v) is 6.78. The molecule has 1 aromatic heterocycles. The number of rotatable bonds is 3. The second kappa shape index (κ2) is 5.86. The summed E-state index contributed by atoms with van der Waals surface area (Å²) in [6.07, 6.45) is 12.0. The Morgan fingerprint density at radius 2 is 2.24 bits per heavy atom. The summed E-state index contributed by atoms with van der Waals surface area (Å²) in [6.45, 7) is 2.17. The molecule has 1 aliphatic carbocycles. The fraction of sp³-hybridized carbons (Fsp3) is 0.714. The molecule has 1 fully saturated rings. The van der Waals surface area contributed by atoms with Crippen LogP contribution in [-0.2, 0) is 6.42 Å². The Balaban J connectivity index is 2.22. The van der Waals surface area contributed by atoms with Crippen molar-refractivity contribution in [1.82, 2.24) is 9.55 Å². The summed E-state index contributed by atoms with van der Waals surface area (Å²) in [5, 5.41) is 9.32. The number of hydrogen-bond acceptors (Lipinski definition) is 2. The van der Waals surface area contributed by atoms with E-state index < -0.39 is 0 Å². The number of nitriles is 1. The van der Waals surface area contributed by atoms with Crippen LogP contribution in [0, 0.1) is 17.2 Å². The molecule has 0 N–H and O–H groups in total. The molecule has 3 heteroatoms. The third kappa shape index (κ3) is 2.69. The van der Waals surface area contributed by atoms with Crippen LogP contribution in [0.5, 0.6) is 0 Å². The van der Waals surface area contributed by atoms with Gasteiger partial charge in [0, 0.05) is 18.8 Å². The van der Waals surface area contributed by atoms with Crippen molar-refractivity contribution in [2.24, 2.45) is 5.92 Å². The lowest BCUT2D eigenvalue weighted by molar-refractivity contribution is 0.362. The Morgan fingerprint density at radius 1 is 1.41 bits per heavy atom. The Hall–Kier alpha value is -1.30. The first kappa shape index (κ1) is 12.2. The highest BCUT2D eigenvalue weighted by molar-refractivity contribution is 5.01. The van der Waals surface area contributed by atoms with Gasteiger partial charge in [0.25, 0.3) is 0 Å². The Morgan fingerprint density at radius 3 is 3.00 bits per heavy atom. The van der Waals surface area contributed by atoms with Gasteiger partial charge < -0.3 is 4.57 Å². The van der Waals surface area contributed by atoms with Gasteiger partial charge in [-0.15, -0.1) is 0 Å². The maximum Gasteiger partial charge on any atom is 0.108 e. The predicted octanol–water partition coefficient (Wildman–Crippen LogP) is 3.48. The smallest absolute Gasteiger partial charge is 0.108 e. The number of imidazole rings is 1. The molecular formula is C14H21N3. The van der Waals surface area contributed by atoms with Gasteiger partial charge in [0.2, 0.25) is 0 Å². The van der Waals surface area contributed by atoms with Crippen molar-refractivity contribution in [3.63, 3.8) is 0 Å². The summed E-state index contributed by atoms with van der Waals surface area (Å²) in [4.78, 5) is 4.43. The van der Waals surface area contributed by atoms with Crippen LogP contribution in [0.3, 0.4) is 0 Å². The van der Waals surface area contributed by atoms with E-state index in [1.165, 1.54) is 19.3 Å². The third-order valence-electron chi connectivity index (χ3n) is 3.73. The molecule has 1 aromatic rings. The molecule has 0 saturated heterocycles. The lowest BCUT2D eigenvalue weighted by atomic mass is 9.96. The van der Waals surface area contributed by atoms with E-state index in [1.807, 2.05) is 6.20 Å². The van der Waals surface area contributed by atoms with E-state index in [0.717, 1.165) is 31.5 Å². The first-order chi connectivity index (χ1) is 8.36. The maximum atomic E-state index is 9.32. The molecular weight excluding hydrogens is 210 g/mol. The van der Waals surface area contributed by atoms with Crippen molar-refractivity contribution < 1.29 is 0 Å². The van der Waals surface area contributed by atoms with E-state index in [0.29, 0.717) is 6.04 Å². The minimum atomic E-state index is 0.169. The SMILES string of the molecule is CCCc1nccn1C1CCCCCC1C#N.